The van der Waals surface area contributed by atoms with E-state index in [2.05, 4.69) is 4.74 Å². The zero-order chi connectivity index (χ0) is 33.3. The van der Waals surface area contributed by atoms with Gasteiger partial charge in [-0.25, -0.2) is 24.0 Å². The highest BCUT2D eigenvalue weighted by Gasteiger charge is 2.15. The van der Waals surface area contributed by atoms with Crippen LogP contribution in [0.5, 0.6) is 28.7 Å². The molecule has 0 fully saturated rings. The third kappa shape index (κ3) is 8.25. The first-order valence-electron chi connectivity index (χ1n) is 13.8. The summed E-state index contributed by atoms with van der Waals surface area (Å²) in [6.07, 6.45) is 0. The Balaban J connectivity index is 1.11. The molecule has 0 atom stereocenters. The van der Waals surface area contributed by atoms with Crippen molar-refractivity contribution in [1.29, 1.82) is 0 Å². The number of phenolic OH excluding ortho intramolecular Hbond substituents is 1. The van der Waals surface area contributed by atoms with Gasteiger partial charge in [0.25, 0.3) is 0 Å². The largest absolute Gasteiger partial charge is 0.508 e. The van der Waals surface area contributed by atoms with Gasteiger partial charge in [-0.2, -0.15) is 0 Å². The number of carbonyl (C=O) groups is 5. The summed E-state index contributed by atoms with van der Waals surface area (Å²) in [6.45, 7) is 0. The predicted octanol–water partition coefficient (Wildman–Crippen LogP) is 6.06. The summed E-state index contributed by atoms with van der Waals surface area (Å²) in [6, 6.07) is 28.6. The van der Waals surface area contributed by atoms with E-state index in [1.807, 2.05) is 0 Å². The zero-order valence-corrected chi connectivity index (χ0v) is 24.6. The summed E-state index contributed by atoms with van der Waals surface area (Å²) in [5, 5.41) is 9.35. The summed E-state index contributed by atoms with van der Waals surface area (Å²) in [5.74, 6) is -2.32. The Bertz CT molecular complexity index is 1910. The van der Waals surface area contributed by atoms with Crippen molar-refractivity contribution in [3.63, 3.8) is 0 Å². The normalized spacial score (nSPS) is 10.3. The van der Waals surface area contributed by atoms with E-state index in [4.69, 9.17) is 18.9 Å². The van der Waals surface area contributed by atoms with Crippen LogP contribution in [0.15, 0.2) is 121 Å². The molecule has 1 N–H and O–H groups in total. The first kappa shape index (κ1) is 31.7. The van der Waals surface area contributed by atoms with E-state index in [9.17, 15) is 29.1 Å². The lowest BCUT2D eigenvalue weighted by molar-refractivity contribution is 0.0599. The summed E-state index contributed by atoms with van der Waals surface area (Å²) < 4.78 is 26.0. The molecule has 0 spiro atoms. The van der Waals surface area contributed by atoms with E-state index < -0.39 is 29.8 Å². The molecule has 0 aliphatic rings. The number of phenols is 1. The van der Waals surface area contributed by atoms with Crippen molar-refractivity contribution in [3.8, 4) is 28.7 Å². The Kier molecular flexibility index (Phi) is 9.67. The van der Waals surface area contributed by atoms with Crippen molar-refractivity contribution >= 4 is 29.8 Å². The molecular formula is C36H24O11. The number of esters is 5. The van der Waals surface area contributed by atoms with Crippen LogP contribution in [0.2, 0.25) is 0 Å². The van der Waals surface area contributed by atoms with Crippen molar-refractivity contribution in [2.45, 2.75) is 0 Å². The van der Waals surface area contributed by atoms with E-state index in [-0.39, 0.29) is 51.0 Å². The molecule has 5 rings (SSSR count). The lowest BCUT2D eigenvalue weighted by atomic mass is 10.2. The molecule has 0 saturated carbocycles. The maximum absolute atomic E-state index is 12.6. The van der Waals surface area contributed by atoms with Gasteiger partial charge < -0.3 is 28.8 Å². The average molecular weight is 633 g/mol. The average Bonchev–Trinajstić information content (AvgIpc) is 3.09. The van der Waals surface area contributed by atoms with E-state index in [1.165, 1.54) is 128 Å². The smallest absolute Gasteiger partial charge is 0.343 e. The van der Waals surface area contributed by atoms with Gasteiger partial charge in [0.15, 0.2) is 0 Å². The highest BCUT2D eigenvalue weighted by atomic mass is 16.5. The number of methoxy groups -OCH3 is 1. The summed E-state index contributed by atoms with van der Waals surface area (Å²) in [7, 11) is 1.27. The van der Waals surface area contributed by atoms with Gasteiger partial charge in [0, 0.05) is 0 Å². The number of benzene rings is 5. The minimum Gasteiger partial charge on any atom is -0.508 e. The monoisotopic (exact) mass is 632 g/mol. The van der Waals surface area contributed by atoms with Crippen molar-refractivity contribution < 1.29 is 52.8 Å². The zero-order valence-electron chi connectivity index (χ0n) is 24.6. The minimum atomic E-state index is -0.679. The van der Waals surface area contributed by atoms with Crippen LogP contribution in [0.4, 0.5) is 0 Å². The van der Waals surface area contributed by atoms with E-state index in [0.717, 1.165) is 0 Å². The molecule has 11 nitrogen and oxygen atoms in total. The second-order valence-electron chi connectivity index (χ2n) is 9.69. The molecule has 0 saturated heterocycles. The molecule has 234 valence electrons. The first-order valence-corrected chi connectivity index (χ1v) is 13.8. The van der Waals surface area contributed by atoms with Gasteiger partial charge in [-0.15, -0.1) is 0 Å². The van der Waals surface area contributed by atoms with Crippen LogP contribution in [-0.2, 0) is 4.74 Å². The van der Waals surface area contributed by atoms with Crippen LogP contribution in [-0.4, -0.2) is 42.1 Å². The molecule has 0 unspecified atom stereocenters. The van der Waals surface area contributed by atoms with Gasteiger partial charge in [-0.1, -0.05) is 0 Å². The molecule has 47 heavy (non-hydrogen) atoms. The second-order valence-corrected chi connectivity index (χ2v) is 9.69. The fourth-order valence-electron chi connectivity index (χ4n) is 4.02. The fourth-order valence-corrected chi connectivity index (χ4v) is 4.02. The lowest BCUT2D eigenvalue weighted by Crippen LogP contribution is -2.11. The molecule has 0 aromatic heterocycles. The van der Waals surface area contributed by atoms with Crippen LogP contribution >= 0.6 is 0 Å². The number of aromatic hydroxyl groups is 1. The summed E-state index contributed by atoms with van der Waals surface area (Å²) in [4.78, 5) is 61.5. The molecule has 11 heteroatoms. The van der Waals surface area contributed by atoms with E-state index in [1.54, 1.807) is 0 Å². The van der Waals surface area contributed by atoms with Crippen molar-refractivity contribution in [2.75, 3.05) is 7.11 Å². The van der Waals surface area contributed by atoms with Crippen LogP contribution in [0, 0.1) is 0 Å². The number of rotatable bonds is 9. The number of hydrogen-bond acceptors (Lipinski definition) is 11. The predicted molar refractivity (Wildman–Crippen MR) is 165 cm³/mol. The standard InChI is InChI=1S/C36H24O11/c1-43-32(38)22-4-14-28(15-5-22)45-34(40)24-8-18-30(19-9-24)47-36(42)26-10-20-31(21-11-26)46-35(41)25-6-16-29(17-7-25)44-33(39)23-2-12-27(37)13-3-23/h2-21,37H,1H3. The molecule has 0 amide bonds. The van der Waals surface area contributed by atoms with Crippen molar-refractivity contribution in [1.82, 2.24) is 0 Å². The van der Waals surface area contributed by atoms with E-state index in [0.29, 0.717) is 5.56 Å². The van der Waals surface area contributed by atoms with Crippen LogP contribution < -0.4 is 18.9 Å². The quantitative estimate of drug-likeness (QED) is 0.149. The molecule has 0 radical (unpaired) electrons. The second kappa shape index (κ2) is 14.4. The maximum Gasteiger partial charge on any atom is 0.343 e. The summed E-state index contributed by atoms with van der Waals surface area (Å²) in [5.41, 5.74) is 1.14. The highest BCUT2D eigenvalue weighted by Crippen LogP contribution is 2.21. The van der Waals surface area contributed by atoms with Gasteiger partial charge in [-0.3, -0.25) is 0 Å². The Morgan fingerprint density at radius 3 is 0.809 bits per heavy atom. The summed E-state index contributed by atoms with van der Waals surface area (Å²) >= 11 is 0. The van der Waals surface area contributed by atoms with E-state index >= 15 is 0 Å². The molecular weight excluding hydrogens is 608 g/mol. The Labute approximate surface area is 267 Å². The molecule has 5 aromatic carbocycles. The number of ether oxygens (including phenoxy) is 5. The van der Waals surface area contributed by atoms with Gasteiger partial charge >= 0.3 is 29.8 Å². The lowest BCUT2D eigenvalue weighted by Gasteiger charge is -2.08. The Morgan fingerprint density at radius 1 is 0.362 bits per heavy atom. The SMILES string of the molecule is COC(=O)c1ccc(OC(=O)c2ccc(OC(=O)c3ccc(OC(=O)c4ccc(OC(=O)c5ccc(O)cc5)cc4)cc3)cc2)cc1. The van der Waals surface area contributed by atoms with Crippen LogP contribution in [0.3, 0.4) is 0 Å². The Morgan fingerprint density at radius 2 is 0.574 bits per heavy atom. The number of hydrogen-bond donors (Lipinski definition) is 1. The molecule has 0 aliphatic carbocycles. The topological polar surface area (TPSA) is 152 Å². The van der Waals surface area contributed by atoms with Gasteiger partial charge in [0.05, 0.1) is 34.9 Å². The molecule has 0 aliphatic heterocycles. The maximum atomic E-state index is 12.6. The minimum absolute atomic E-state index is 0.0208. The highest BCUT2D eigenvalue weighted by molar-refractivity contribution is 5.94. The fraction of sp³-hybridized carbons (Fsp3) is 0.0278. The first-order chi connectivity index (χ1) is 22.7. The molecule has 0 heterocycles. The van der Waals surface area contributed by atoms with Crippen LogP contribution in [0.25, 0.3) is 0 Å². The van der Waals surface area contributed by atoms with Gasteiger partial charge in [0.2, 0.25) is 0 Å². The third-order valence-electron chi connectivity index (χ3n) is 6.49. The molecule has 0 bridgehead atoms. The Hall–Kier alpha value is -6.75. The van der Waals surface area contributed by atoms with Crippen molar-refractivity contribution in [3.05, 3.63) is 149 Å². The third-order valence-corrected chi connectivity index (χ3v) is 6.49. The van der Waals surface area contributed by atoms with Gasteiger partial charge in [0.1, 0.15) is 28.7 Å². The van der Waals surface area contributed by atoms with Crippen LogP contribution in [0.1, 0.15) is 51.8 Å². The van der Waals surface area contributed by atoms with Crippen molar-refractivity contribution in [2.24, 2.45) is 0 Å². The number of carbonyl (C=O) groups excluding carboxylic acids is 5. The molecule has 5 aromatic rings. The van der Waals surface area contributed by atoms with Gasteiger partial charge in [-0.05, 0) is 121 Å².